The number of aromatic amines is 1. The quantitative estimate of drug-likeness (QED) is 0.458. The summed E-state index contributed by atoms with van der Waals surface area (Å²) in [7, 11) is -2.92. The second-order valence-electron chi connectivity index (χ2n) is 6.63. The SMILES string of the molecule is Nc1nc2c(ncn2[C@@H]2O[C@H](CO[PH](=O)Oc3ccccc3)[C@@H](CF)[C@H]2O)c(=O)[nH]1. The number of aromatic nitrogens is 4. The number of alkyl halides is 1. The molecular weight excluding hydrogens is 420 g/mol. The molecule has 160 valence electrons. The molecular formula is C17H19FN5O6P. The van der Waals surface area contributed by atoms with E-state index in [9.17, 15) is 18.9 Å². The van der Waals surface area contributed by atoms with Crippen LogP contribution in [0.3, 0.4) is 0 Å². The number of nitrogens with zero attached hydrogens (tertiary/aromatic N) is 3. The van der Waals surface area contributed by atoms with Crippen LogP contribution in [-0.4, -0.2) is 50.1 Å². The van der Waals surface area contributed by atoms with Crippen molar-refractivity contribution < 1.29 is 27.8 Å². The summed E-state index contributed by atoms with van der Waals surface area (Å²) in [5, 5.41) is 10.6. The lowest BCUT2D eigenvalue weighted by atomic mass is 10.0. The summed E-state index contributed by atoms with van der Waals surface area (Å²) in [6, 6.07) is 8.44. The Morgan fingerprint density at radius 1 is 1.37 bits per heavy atom. The molecule has 0 amide bonds. The number of nitrogens with one attached hydrogen (secondary N) is 1. The summed E-state index contributed by atoms with van der Waals surface area (Å²) >= 11 is 0. The van der Waals surface area contributed by atoms with E-state index in [1.807, 2.05) is 0 Å². The van der Waals surface area contributed by atoms with Crippen LogP contribution in [0.2, 0.25) is 0 Å². The van der Waals surface area contributed by atoms with Gasteiger partial charge in [0.2, 0.25) is 5.95 Å². The normalized spacial score (nSPS) is 24.9. The molecule has 0 bridgehead atoms. The van der Waals surface area contributed by atoms with Crippen molar-refractivity contribution in [3.8, 4) is 5.75 Å². The number of fused-ring (bicyclic) bond motifs is 1. The van der Waals surface area contributed by atoms with Gasteiger partial charge in [-0.25, -0.2) is 9.55 Å². The highest BCUT2D eigenvalue weighted by atomic mass is 31.1. The number of aliphatic hydroxyl groups is 1. The van der Waals surface area contributed by atoms with E-state index in [0.29, 0.717) is 5.75 Å². The number of rotatable bonds is 7. The Morgan fingerprint density at radius 3 is 2.87 bits per heavy atom. The number of aliphatic hydroxyl groups excluding tert-OH is 1. The number of halogens is 1. The van der Waals surface area contributed by atoms with Crippen molar-refractivity contribution in [2.24, 2.45) is 5.92 Å². The smallest absolute Gasteiger partial charge is 0.367 e. The minimum atomic E-state index is -2.92. The van der Waals surface area contributed by atoms with E-state index >= 15 is 0 Å². The first kappa shape index (κ1) is 20.5. The van der Waals surface area contributed by atoms with Crippen LogP contribution in [0.4, 0.5) is 10.3 Å². The summed E-state index contributed by atoms with van der Waals surface area (Å²) in [5.74, 6) is -0.730. The van der Waals surface area contributed by atoms with E-state index in [1.54, 1.807) is 30.3 Å². The van der Waals surface area contributed by atoms with Crippen molar-refractivity contribution in [2.75, 3.05) is 19.0 Å². The summed E-state index contributed by atoms with van der Waals surface area (Å²) in [6.45, 7) is -1.18. The number of hydrogen-bond donors (Lipinski definition) is 3. The monoisotopic (exact) mass is 439 g/mol. The maximum absolute atomic E-state index is 13.6. The van der Waals surface area contributed by atoms with Gasteiger partial charge in [0.1, 0.15) is 11.9 Å². The van der Waals surface area contributed by atoms with Crippen LogP contribution in [0, 0.1) is 5.92 Å². The zero-order valence-corrected chi connectivity index (χ0v) is 16.5. The molecule has 0 spiro atoms. The van der Waals surface area contributed by atoms with Gasteiger partial charge in [0.15, 0.2) is 17.4 Å². The molecule has 4 N–H and O–H groups in total. The van der Waals surface area contributed by atoms with Crippen molar-refractivity contribution in [3.63, 3.8) is 0 Å². The Morgan fingerprint density at radius 2 is 2.13 bits per heavy atom. The third kappa shape index (κ3) is 3.94. The predicted octanol–water partition coefficient (Wildman–Crippen LogP) is 1.03. The molecule has 0 saturated carbocycles. The van der Waals surface area contributed by atoms with Gasteiger partial charge in [0.05, 0.1) is 25.7 Å². The van der Waals surface area contributed by atoms with Gasteiger partial charge in [-0.3, -0.25) is 23.3 Å². The Labute approximate surface area is 169 Å². The van der Waals surface area contributed by atoms with Gasteiger partial charge in [-0.1, -0.05) is 18.2 Å². The Kier molecular flexibility index (Phi) is 5.82. The van der Waals surface area contributed by atoms with Crippen molar-refractivity contribution in [2.45, 2.75) is 18.4 Å². The molecule has 5 atom stereocenters. The lowest BCUT2D eigenvalue weighted by Gasteiger charge is -2.17. The van der Waals surface area contributed by atoms with Gasteiger partial charge in [-0.05, 0) is 12.1 Å². The topological polar surface area (TPSA) is 155 Å². The minimum Gasteiger partial charge on any atom is -0.426 e. The van der Waals surface area contributed by atoms with E-state index in [-0.39, 0.29) is 23.7 Å². The molecule has 30 heavy (non-hydrogen) atoms. The highest BCUT2D eigenvalue weighted by molar-refractivity contribution is 7.33. The standard InChI is InChI=1S/C17H19FN5O6P/c18-6-10-11(7-27-30(26)29-9-4-2-1-3-5-9)28-16(13(10)24)23-8-20-12-14(23)21-17(19)22-15(12)25/h1-5,8,10-11,13,16,24,30H,6-7H2,(H3,19,21,22,25)/t10-,11-,13-,16-/m1/s1. The van der Waals surface area contributed by atoms with Crippen LogP contribution in [0.1, 0.15) is 6.23 Å². The molecule has 2 aromatic heterocycles. The third-order valence-corrected chi connectivity index (χ3v) is 5.54. The van der Waals surface area contributed by atoms with E-state index in [4.69, 9.17) is 19.5 Å². The summed E-state index contributed by atoms with van der Waals surface area (Å²) in [4.78, 5) is 22.2. The van der Waals surface area contributed by atoms with Crippen LogP contribution >= 0.6 is 8.25 Å². The zero-order valence-electron chi connectivity index (χ0n) is 15.5. The number of para-hydroxylation sites is 1. The van der Waals surface area contributed by atoms with Crippen LogP contribution < -0.4 is 15.8 Å². The molecule has 1 unspecified atom stereocenters. The molecule has 1 aromatic carbocycles. The van der Waals surface area contributed by atoms with Gasteiger partial charge in [-0.15, -0.1) is 0 Å². The molecule has 1 aliphatic rings. The largest absolute Gasteiger partial charge is 0.426 e. The molecule has 4 rings (SSSR count). The third-order valence-electron chi connectivity index (χ3n) is 4.74. The predicted molar refractivity (Wildman–Crippen MR) is 104 cm³/mol. The number of anilines is 1. The molecule has 3 aromatic rings. The highest BCUT2D eigenvalue weighted by Gasteiger charge is 2.45. The number of H-pyrrole nitrogens is 1. The molecule has 1 saturated heterocycles. The van der Waals surface area contributed by atoms with Crippen molar-refractivity contribution >= 4 is 25.4 Å². The van der Waals surface area contributed by atoms with Crippen LogP contribution in [0.25, 0.3) is 11.2 Å². The number of ether oxygens (including phenoxy) is 1. The van der Waals surface area contributed by atoms with E-state index in [1.165, 1.54) is 10.9 Å². The summed E-state index contributed by atoms with van der Waals surface area (Å²) in [5.41, 5.74) is 5.10. The lowest BCUT2D eigenvalue weighted by Crippen LogP contribution is -2.30. The number of nitrogens with two attached hydrogens (primary N) is 1. The molecule has 1 fully saturated rings. The summed E-state index contributed by atoms with van der Waals surface area (Å²) < 4.78 is 43.1. The Bertz CT molecular complexity index is 1110. The number of imidazole rings is 1. The zero-order chi connectivity index (χ0) is 21.3. The number of hydrogen-bond acceptors (Lipinski definition) is 9. The molecule has 0 aliphatic carbocycles. The molecule has 13 heteroatoms. The van der Waals surface area contributed by atoms with Gasteiger partial charge >= 0.3 is 8.25 Å². The van der Waals surface area contributed by atoms with Crippen LogP contribution in [0.15, 0.2) is 41.5 Å². The highest BCUT2D eigenvalue weighted by Crippen LogP contribution is 2.37. The Balaban J connectivity index is 1.49. The Hall–Kier alpha value is -2.79. The number of benzene rings is 1. The molecule has 1 aliphatic heterocycles. The van der Waals surface area contributed by atoms with Gasteiger partial charge < -0.3 is 20.1 Å². The fourth-order valence-electron chi connectivity index (χ4n) is 3.27. The van der Waals surface area contributed by atoms with E-state index < -0.39 is 44.8 Å². The first-order valence-corrected chi connectivity index (χ1v) is 10.2. The minimum absolute atomic E-state index is 0.00202. The fraction of sp³-hybridized carbons (Fsp3) is 0.353. The lowest BCUT2D eigenvalue weighted by molar-refractivity contribution is -0.0463. The van der Waals surface area contributed by atoms with Gasteiger partial charge in [-0.2, -0.15) is 4.98 Å². The maximum atomic E-state index is 13.6. The van der Waals surface area contributed by atoms with Gasteiger partial charge in [0, 0.05) is 5.92 Å². The van der Waals surface area contributed by atoms with Crippen molar-refractivity contribution in [1.29, 1.82) is 0 Å². The van der Waals surface area contributed by atoms with Crippen LogP contribution in [0.5, 0.6) is 5.75 Å². The first-order valence-electron chi connectivity index (χ1n) is 8.99. The first-order chi connectivity index (χ1) is 14.5. The van der Waals surface area contributed by atoms with E-state index in [0.717, 1.165) is 0 Å². The molecule has 0 radical (unpaired) electrons. The second kappa shape index (κ2) is 8.52. The molecule has 3 heterocycles. The number of nitrogen functional groups attached to an aromatic ring is 1. The van der Waals surface area contributed by atoms with Crippen molar-refractivity contribution in [3.05, 3.63) is 47.0 Å². The average molecular weight is 439 g/mol. The average Bonchev–Trinajstić information content (AvgIpc) is 3.27. The second-order valence-corrected chi connectivity index (χ2v) is 7.62. The van der Waals surface area contributed by atoms with Crippen LogP contribution in [-0.2, 0) is 13.8 Å². The summed E-state index contributed by atoms with van der Waals surface area (Å²) in [6.07, 6.45) is -2.05. The van der Waals surface area contributed by atoms with Crippen molar-refractivity contribution in [1.82, 2.24) is 19.5 Å². The van der Waals surface area contributed by atoms with E-state index in [2.05, 4.69) is 15.0 Å². The molecule has 11 nitrogen and oxygen atoms in total. The fourth-order valence-corrected chi connectivity index (χ4v) is 3.96. The van der Waals surface area contributed by atoms with Gasteiger partial charge in [0.25, 0.3) is 5.56 Å². The maximum Gasteiger partial charge on any atom is 0.367 e.